The fraction of sp³-hybridized carbons (Fsp3) is 0.412. The van der Waals surface area contributed by atoms with E-state index in [0.717, 1.165) is 37.8 Å². The first-order chi connectivity index (χ1) is 12.3. The van der Waals surface area contributed by atoms with Crippen molar-refractivity contribution in [2.24, 2.45) is 0 Å². The fourth-order valence-electron chi connectivity index (χ4n) is 2.96. The summed E-state index contributed by atoms with van der Waals surface area (Å²) in [5, 5.41) is 6.19. The number of rotatable bonds is 5. The van der Waals surface area contributed by atoms with Gasteiger partial charge in [0.25, 0.3) is 0 Å². The summed E-state index contributed by atoms with van der Waals surface area (Å²) >= 11 is 0. The zero-order chi connectivity index (χ0) is 18.7. The summed E-state index contributed by atoms with van der Waals surface area (Å²) < 4.78 is 50.4. The highest BCUT2D eigenvalue weighted by molar-refractivity contribution is 7.90. The van der Waals surface area contributed by atoms with Gasteiger partial charge in [0.15, 0.2) is 21.5 Å². The van der Waals surface area contributed by atoms with Crippen molar-refractivity contribution in [1.29, 1.82) is 0 Å². The number of sulfone groups is 1. The number of aromatic nitrogens is 2. The number of halogens is 2. The molecule has 9 heteroatoms. The van der Waals surface area contributed by atoms with Crippen LogP contribution in [-0.4, -0.2) is 37.7 Å². The van der Waals surface area contributed by atoms with Crippen LogP contribution in [0.1, 0.15) is 30.0 Å². The lowest BCUT2D eigenvalue weighted by atomic mass is 9.96. The van der Waals surface area contributed by atoms with E-state index < -0.39 is 21.5 Å². The van der Waals surface area contributed by atoms with E-state index in [-0.39, 0.29) is 23.3 Å². The maximum Gasteiger partial charge on any atom is 0.223 e. The van der Waals surface area contributed by atoms with E-state index in [1.165, 1.54) is 12.3 Å². The summed E-state index contributed by atoms with van der Waals surface area (Å²) in [5.74, 6) is -1.59. The van der Waals surface area contributed by atoms with Crippen molar-refractivity contribution in [3.05, 3.63) is 47.3 Å². The molecular weight excluding hydrogens is 362 g/mol. The summed E-state index contributed by atoms with van der Waals surface area (Å²) in [6.45, 7) is 1.75. The van der Waals surface area contributed by atoms with Crippen LogP contribution >= 0.6 is 0 Å². The standard InChI is InChI=1S/C17H20F2N4O2S/c1-26(24,25)15-10-22-17(23-16(15)12-3-2-6-20-9-12)21-8-11-4-5-13(18)14(19)7-11/h4-5,7,10,12,20H,2-3,6,8-9H2,1H3,(H,21,22,23)/t12-/m1/s1. The molecule has 1 aromatic carbocycles. The van der Waals surface area contributed by atoms with Gasteiger partial charge < -0.3 is 10.6 Å². The predicted molar refractivity (Wildman–Crippen MR) is 93.7 cm³/mol. The monoisotopic (exact) mass is 382 g/mol. The van der Waals surface area contributed by atoms with Crippen molar-refractivity contribution in [1.82, 2.24) is 15.3 Å². The molecule has 1 aliphatic heterocycles. The first kappa shape index (κ1) is 18.7. The zero-order valence-electron chi connectivity index (χ0n) is 14.3. The van der Waals surface area contributed by atoms with Gasteiger partial charge >= 0.3 is 0 Å². The van der Waals surface area contributed by atoms with E-state index in [1.54, 1.807) is 0 Å². The van der Waals surface area contributed by atoms with Crippen LogP contribution < -0.4 is 10.6 Å². The number of anilines is 1. The molecule has 140 valence electrons. The van der Waals surface area contributed by atoms with Gasteiger partial charge in [0.1, 0.15) is 4.90 Å². The van der Waals surface area contributed by atoms with Gasteiger partial charge in [-0.2, -0.15) is 0 Å². The maximum absolute atomic E-state index is 13.3. The molecule has 0 saturated carbocycles. The highest BCUT2D eigenvalue weighted by Crippen LogP contribution is 2.28. The zero-order valence-corrected chi connectivity index (χ0v) is 15.1. The van der Waals surface area contributed by atoms with E-state index in [0.29, 0.717) is 17.8 Å². The van der Waals surface area contributed by atoms with Crippen LogP contribution in [0.15, 0.2) is 29.3 Å². The predicted octanol–water partition coefficient (Wildman–Crippen LogP) is 2.24. The third-order valence-corrected chi connectivity index (χ3v) is 5.41. The largest absolute Gasteiger partial charge is 0.350 e. The van der Waals surface area contributed by atoms with Gasteiger partial charge in [-0.3, -0.25) is 0 Å². The molecule has 1 fully saturated rings. The van der Waals surface area contributed by atoms with Gasteiger partial charge in [-0.25, -0.2) is 27.2 Å². The molecule has 0 unspecified atom stereocenters. The van der Waals surface area contributed by atoms with Gasteiger partial charge in [0.2, 0.25) is 5.95 Å². The smallest absolute Gasteiger partial charge is 0.223 e. The number of hydrogen-bond acceptors (Lipinski definition) is 6. The van der Waals surface area contributed by atoms with Crippen LogP contribution in [0.25, 0.3) is 0 Å². The quantitative estimate of drug-likeness (QED) is 0.825. The lowest BCUT2D eigenvalue weighted by Crippen LogP contribution is -2.30. The first-order valence-electron chi connectivity index (χ1n) is 8.30. The Hall–Kier alpha value is -2.13. The van der Waals surface area contributed by atoms with Crippen LogP contribution in [0, 0.1) is 11.6 Å². The van der Waals surface area contributed by atoms with Gasteiger partial charge in [-0.05, 0) is 37.1 Å². The Morgan fingerprint density at radius 1 is 1.31 bits per heavy atom. The minimum atomic E-state index is -3.45. The third-order valence-electron chi connectivity index (χ3n) is 4.30. The van der Waals surface area contributed by atoms with E-state index in [9.17, 15) is 17.2 Å². The van der Waals surface area contributed by atoms with Gasteiger partial charge in [0, 0.05) is 25.3 Å². The number of piperidine rings is 1. The Morgan fingerprint density at radius 3 is 2.77 bits per heavy atom. The Labute approximate surface area is 151 Å². The molecule has 0 amide bonds. The highest BCUT2D eigenvalue weighted by Gasteiger charge is 2.25. The molecule has 1 aromatic heterocycles. The molecule has 26 heavy (non-hydrogen) atoms. The average Bonchev–Trinajstić information content (AvgIpc) is 2.62. The lowest BCUT2D eigenvalue weighted by Gasteiger charge is -2.24. The van der Waals surface area contributed by atoms with Crippen molar-refractivity contribution in [2.75, 3.05) is 24.7 Å². The second kappa shape index (κ2) is 7.63. The first-order valence-corrected chi connectivity index (χ1v) is 10.2. The lowest BCUT2D eigenvalue weighted by molar-refractivity contribution is 0.448. The topological polar surface area (TPSA) is 84.0 Å². The summed E-state index contributed by atoms with van der Waals surface area (Å²) in [6, 6.07) is 3.61. The summed E-state index contributed by atoms with van der Waals surface area (Å²) in [4.78, 5) is 8.60. The number of nitrogens with one attached hydrogen (secondary N) is 2. The Morgan fingerprint density at radius 2 is 2.12 bits per heavy atom. The summed E-state index contributed by atoms with van der Waals surface area (Å²) in [7, 11) is -3.45. The minimum absolute atomic E-state index is 0.0136. The molecule has 2 N–H and O–H groups in total. The van der Waals surface area contributed by atoms with Crippen LogP contribution in [-0.2, 0) is 16.4 Å². The number of hydrogen-bond donors (Lipinski definition) is 2. The Balaban J connectivity index is 1.84. The molecule has 1 saturated heterocycles. The molecule has 3 rings (SSSR count). The van der Waals surface area contributed by atoms with E-state index >= 15 is 0 Å². The molecule has 1 aliphatic rings. The van der Waals surface area contributed by atoms with E-state index in [2.05, 4.69) is 20.6 Å². The van der Waals surface area contributed by atoms with Crippen molar-refractivity contribution in [2.45, 2.75) is 30.2 Å². The summed E-state index contributed by atoms with van der Waals surface area (Å²) in [5.41, 5.74) is 1.02. The minimum Gasteiger partial charge on any atom is -0.350 e. The molecule has 0 bridgehead atoms. The van der Waals surface area contributed by atoms with Crippen LogP contribution in [0.2, 0.25) is 0 Å². The molecular formula is C17H20F2N4O2S. The second-order valence-electron chi connectivity index (χ2n) is 6.36. The third kappa shape index (κ3) is 4.34. The second-order valence-corrected chi connectivity index (χ2v) is 8.34. The number of nitrogens with zero attached hydrogens (tertiary/aromatic N) is 2. The van der Waals surface area contributed by atoms with Crippen molar-refractivity contribution in [3.63, 3.8) is 0 Å². The average molecular weight is 382 g/mol. The molecule has 1 atom stereocenters. The van der Waals surface area contributed by atoms with Crippen LogP contribution in [0.5, 0.6) is 0 Å². The van der Waals surface area contributed by atoms with Gasteiger partial charge in [-0.1, -0.05) is 6.07 Å². The Kier molecular flexibility index (Phi) is 5.47. The van der Waals surface area contributed by atoms with Crippen molar-refractivity contribution in [3.8, 4) is 0 Å². The normalized spacial score (nSPS) is 17.9. The van der Waals surface area contributed by atoms with Crippen molar-refractivity contribution < 1.29 is 17.2 Å². The Bertz CT molecular complexity index is 900. The molecule has 6 nitrogen and oxygen atoms in total. The maximum atomic E-state index is 13.3. The van der Waals surface area contributed by atoms with Crippen molar-refractivity contribution >= 4 is 15.8 Å². The summed E-state index contributed by atoms with van der Waals surface area (Å²) in [6.07, 6.45) is 4.23. The molecule has 0 radical (unpaired) electrons. The SMILES string of the molecule is CS(=O)(=O)c1cnc(NCc2ccc(F)c(F)c2)nc1[C@@H]1CCCNC1. The van der Waals surface area contributed by atoms with Gasteiger partial charge in [-0.15, -0.1) is 0 Å². The van der Waals surface area contributed by atoms with E-state index in [4.69, 9.17) is 0 Å². The van der Waals surface area contributed by atoms with Crippen LogP contribution in [0.4, 0.5) is 14.7 Å². The molecule has 2 heterocycles. The highest BCUT2D eigenvalue weighted by atomic mass is 32.2. The molecule has 2 aromatic rings. The molecule has 0 aliphatic carbocycles. The van der Waals surface area contributed by atoms with Gasteiger partial charge in [0.05, 0.1) is 11.9 Å². The number of benzene rings is 1. The van der Waals surface area contributed by atoms with Crippen LogP contribution in [0.3, 0.4) is 0 Å². The fourth-order valence-corrected chi connectivity index (χ4v) is 3.80. The van der Waals surface area contributed by atoms with E-state index in [1.807, 2.05) is 0 Å². The molecule has 0 spiro atoms.